The summed E-state index contributed by atoms with van der Waals surface area (Å²) in [4.78, 5) is 13.2. The molecule has 0 aliphatic heterocycles. The Balaban J connectivity index is 1.78. The second kappa shape index (κ2) is 8.79. The van der Waals surface area contributed by atoms with Gasteiger partial charge in [0.1, 0.15) is 16.7 Å². The molecule has 0 saturated carbocycles. The normalized spacial score (nSPS) is 11.6. The third-order valence-electron chi connectivity index (χ3n) is 3.64. The fourth-order valence-electron chi connectivity index (χ4n) is 2.34. The minimum Gasteiger partial charge on any atom is -0.468 e. The van der Waals surface area contributed by atoms with Gasteiger partial charge in [0.05, 0.1) is 7.11 Å². The smallest absolute Gasteiger partial charge is 0.323 e. The van der Waals surface area contributed by atoms with Gasteiger partial charge in [0.2, 0.25) is 0 Å². The zero-order valence-electron chi connectivity index (χ0n) is 14.1. The summed E-state index contributed by atoms with van der Waals surface area (Å²) in [6, 6.07) is 24.4. The second-order valence-corrected chi connectivity index (χ2v) is 7.07. The molecule has 0 bridgehead atoms. The van der Waals surface area contributed by atoms with Crippen LogP contribution in [0.4, 0.5) is 0 Å². The molecule has 0 aliphatic carbocycles. The summed E-state index contributed by atoms with van der Waals surface area (Å²) in [5, 5.41) is 0.193. The van der Waals surface area contributed by atoms with Gasteiger partial charge >= 0.3 is 5.97 Å². The molecule has 5 heteroatoms. The molecule has 3 aromatic carbocycles. The predicted octanol–water partition coefficient (Wildman–Crippen LogP) is 6.14. The lowest BCUT2D eigenvalue weighted by Crippen LogP contribution is -2.11. The number of halogens is 1. The molecule has 0 spiro atoms. The first-order valence-corrected chi connectivity index (χ1v) is 9.24. The quantitative estimate of drug-likeness (QED) is 0.377. The summed E-state index contributed by atoms with van der Waals surface area (Å²) in [5.74, 6) is 1.17. The van der Waals surface area contributed by atoms with Crippen LogP contribution in [0, 0.1) is 0 Å². The van der Waals surface area contributed by atoms with Crippen LogP contribution in [-0.2, 0) is 9.53 Å². The standard InChI is InChI=1S/C21H17ClO3S/c1-24-21(23)20(26-19-13-9-16(22)10-14-19)15-7-11-18(12-8-15)25-17-5-3-2-4-6-17/h2-14,20H,1H3. The molecule has 26 heavy (non-hydrogen) atoms. The number of ether oxygens (including phenoxy) is 2. The second-order valence-electron chi connectivity index (χ2n) is 5.46. The Hall–Kier alpha value is -2.43. The van der Waals surface area contributed by atoms with Crippen LogP contribution >= 0.6 is 23.4 Å². The summed E-state index contributed by atoms with van der Waals surface area (Å²) in [6.45, 7) is 0. The number of carbonyl (C=O) groups is 1. The maximum Gasteiger partial charge on any atom is 0.323 e. The van der Waals surface area contributed by atoms with E-state index in [9.17, 15) is 4.79 Å². The first kappa shape index (κ1) is 18.4. The minimum absolute atomic E-state index is 0.304. The van der Waals surface area contributed by atoms with Crippen molar-refractivity contribution in [1.82, 2.24) is 0 Å². The van der Waals surface area contributed by atoms with Crippen LogP contribution in [0.5, 0.6) is 11.5 Å². The van der Waals surface area contributed by atoms with E-state index in [0.29, 0.717) is 10.8 Å². The van der Waals surface area contributed by atoms with Gasteiger partial charge in [-0.1, -0.05) is 41.9 Å². The number of thioether (sulfide) groups is 1. The van der Waals surface area contributed by atoms with Crippen molar-refractivity contribution in [2.75, 3.05) is 7.11 Å². The van der Waals surface area contributed by atoms with Gasteiger partial charge in [0.25, 0.3) is 0 Å². The molecule has 1 unspecified atom stereocenters. The number of benzene rings is 3. The summed E-state index contributed by atoms with van der Waals surface area (Å²) in [5.41, 5.74) is 0.845. The largest absolute Gasteiger partial charge is 0.468 e. The molecule has 3 rings (SSSR count). The highest BCUT2D eigenvalue weighted by Gasteiger charge is 2.23. The molecule has 0 aromatic heterocycles. The lowest BCUT2D eigenvalue weighted by atomic mass is 10.1. The molecule has 132 valence electrons. The molecular formula is C21H17ClO3S. The van der Waals surface area contributed by atoms with Gasteiger partial charge in [-0.15, -0.1) is 11.8 Å². The number of hydrogen-bond donors (Lipinski definition) is 0. The van der Waals surface area contributed by atoms with Crippen LogP contribution in [-0.4, -0.2) is 13.1 Å². The zero-order chi connectivity index (χ0) is 18.4. The summed E-state index contributed by atoms with van der Waals surface area (Å²) < 4.78 is 10.8. The van der Waals surface area contributed by atoms with Crippen LogP contribution < -0.4 is 4.74 Å². The van der Waals surface area contributed by atoms with Crippen molar-refractivity contribution in [1.29, 1.82) is 0 Å². The third kappa shape index (κ3) is 4.81. The Morgan fingerprint density at radius 2 is 1.50 bits per heavy atom. The van der Waals surface area contributed by atoms with Gasteiger partial charge in [0, 0.05) is 9.92 Å². The van der Waals surface area contributed by atoms with Crippen molar-refractivity contribution >= 4 is 29.3 Å². The molecular weight excluding hydrogens is 368 g/mol. The fraction of sp³-hybridized carbons (Fsp3) is 0.0952. The van der Waals surface area contributed by atoms with E-state index in [1.807, 2.05) is 66.7 Å². The minimum atomic E-state index is -0.466. The highest BCUT2D eigenvalue weighted by atomic mass is 35.5. The van der Waals surface area contributed by atoms with Gasteiger partial charge in [-0.25, -0.2) is 0 Å². The third-order valence-corrected chi connectivity index (χ3v) is 5.14. The first-order valence-electron chi connectivity index (χ1n) is 7.98. The van der Waals surface area contributed by atoms with Crippen molar-refractivity contribution < 1.29 is 14.3 Å². The van der Waals surface area contributed by atoms with Crippen LogP contribution in [0.15, 0.2) is 83.8 Å². The van der Waals surface area contributed by atoms with Gasteiger partial charge in [-0.2, -0.15) is 0 Å². The Morgan fingerprint density at radius 1 is 0.885 bits per heavy atom. The lowest BCUT2D eigenvalue weighted by molar-refractivity contribution is -0.140. The maximum atomic E-state index is 12.3. The number of carbonyl (C=O) groups excluding carboxylic acids is 1. The van der Waals surface area contributed by atoms with Crippen LogP contribution in [0.1, 0.15) is 10.8 Å². The van der Waals surface area contributed by atoms with Crippen LogP contribution in [0.25, 0.3) is 0 Å². The summed E-state index contributed by atoms with van der Waals surface area (Å²) >= 11 is 7.34. The van der Waals surface area contributed by atoms with Crippen molar-refractivity contribution in [3.63, 3.8) is 0 Å². The molecule has 0 radical (unpaired) electrons. The molecule has 3 aromatic rings. The average Bonchev–Trinajstić information content (AvgIpc) is 2.68. The lowest BCUT2D eigenvalue weighted by Gasteiger charge is -2.15. The predicted molar refractivity (Wildman–Crippen MR) is 105 cm³/mol. The van der Waals surface area contributed by atoms with E-state index in [1.54, 1.807) is 12.1 Å². The number of methoxy groups -OCH3 is 1. The van der Waals surface area contributed by atoms with E-state index in [1.165, 1.54) is 18.9 Å². The Bertz CT molecular complexity index is 849. The van der Waals surface area contributed by atoms with Crippen molar-refractivity contribution in [2.45, 2.75) is 10.1 Å². The van der Waals surface area contributed by atoms with E-state index >= 15 is 0 Å². The number of para-hydroxylation sites is 1. The Labute approximate surface area is 161 Å². The fourth-order valence-corrected chi connectivity index (χ4v) is 3.52. The van der Waals surface area contributed by atoms with Crippen molar-refractivity contribution in [3.8, 4) is 11.5 Å². The van der Waals surface area contributed by atoms with Crippen molar-refractivity contribution in [3.05, 3.63) is 89.4 Å². The molecule has 0 N–H and O–H groups in total. The topological polar surface area (TPSA) is 35.5 Å². The highest BCUT2D eigenvalue weighted by molar-refractivity contribution is 8.00. The Morgan fingerprint density at radius 3 is 2.12 bits per heavy atom. The van der Waals surface area contributed by atoms with Gasteiger partial charge in [0.15, 0.2) is 0 Å². The van der Waals surface area contributed by atoms with Crippen LogP contribution in [0.3, 0.4) is 0 Å². The van der Waals surface area contributed by atoms with Gasteiger partial charge in [-0.05, 0) is 54.1 Å². The van der Waals surface area contributed by atoms with Gasteiger partial charge < -0.3 is 9.47 Å². The van der Waals surface area contributed by atoms with E-state index in [2.05, 4.69) is 0 Å². The summed E-state index contributed by atoms with van der Waals surface area (Å²) in [7, 11) is 1.39. The highest BCUT2D eigenvalue weighted by Crippen LogP contribution is 2.37. The molecule has 0 aliphatic rings. The van der Waals surface area contributed by atoms with Crippen LogP contribution in [0.2, 0.25) is 5.02 Å². The van der Waals surface area contributed by atoms with E-state index in [4.69, 9.17) is 21.1 Å². The number of rotatable bonds is 6. The first-order chi connectivity index (χ1) is 12.7. The van der Waals surface area contributed by atoms with E-state index in [-0.39, 0.29) is 5.97 Å². The average molecular weight is 385 g/mol. The summed E-state index contributed by atoms with van der Waals surface area (Å²) in [6.07, 6.45) is 0. The molecule has 1 atom stereocenters. The molecule has 0 saturated heterocycles. The van der Waals surface area contributed by atoms with E-state index in [0.717, 1.165) is 16.2 Å². The molecule has 3 nitrogen and oxygen atoms in total. The number of hydrogen-bond acceptors (Lipinski definition) is 4. The number of esters is 1. The maximum absolute atomic E-state index is 12.3. The molecule has 0 fully saturated rings. The Kier molecular flexibility index (Phi) is 6.21. The van der Waals surface area contributed by atoms with Gasteiger partial charge in [-0.3, -0.25) is 4.79 Å². The van der Waals surface area contributed by atoms with Crippen molar-refractivity contribution in [2.24, 2.45) is 0 Å². The monoisotopic (exact) mass is 384 g/mol. The zero-order valence-corrected chi connectivity index (χ0v) is 15.7. The SMILES string of the molecule is COC(=O)C(Sc1ccc(Cl)cc1)c1ccc(Oc2ccccc2)cc1. The molecule has 0 amide bonds. The molecule has 0 heterocycles. The van der Waals surface area contributed by atoms with E-state index < -0.39 is 5.25 Å².